The lowest BCUT2D eigenvalue weighted by atomic mass is 10.0. The maximum atomic E-state index is 13.3. The first-order valence-corrected chi connectivity index (χ1v) is 12.7. The van der Waals surface area contributed by atoms with Crippen LogP contribution < -0.4 is 4.72 Å². The SMILES string of the molecule is Cc1ccc(S(=O)(=O)NC(CC(C)C)C(=O)N2CCN(C(=O)Cc3ccccn3)CC2)cc1. The lowest BCUT2D eigenvalue weighted by Crippen LogP contribution is -2.56. The highest BCUT2D eigenvalue weighted by Gasteiger charge is 2.32. The summed E-state index contributed by atoms with van der Waals surface area (Å²) < 4.78 is 28.4. The third-order valence-corrected chi connectivity index (χ3v) is 7.12. The lowest BCUT2D eigenvalue weighted by Gasteiger charge is -2.36. The lowest BCUT2D eigenvalue weighted by molar-refractivity contribution is -0.140. The first kappa shape index (κ1) is 24.9. The predicted molar refractivity (Wildman–Crippen MR) is 126 cm³/mol. The molecular formula is C24H32N4O4S. The van der Waals surface area contributed by atoms with E-state index in [2.05, 4.69) is 9.71 Å². The van der Waals surface area contributed by atoms with Crippen LogP contribution in [0.15, 0.2) is 53.6 Å². The highest BCUT2D eigenvalue weighted by atomic mass is 32.2. The Labute approximate surface area is 196 Å². The molecule has 1 aromatic heterocycles. The van der Waals surface area contributed by atoms with E-state index < -0.39 is 16.1 Å². The molecule has 1 fully saturated rings. The van der Waals surface area contributed by atoms with Crippen molar-refractivity contribution in [3.05, 3.63) is 59.9 Å². The van der Waals surface area contributed by atoms with Gasteiger partial charge in [-0.15, -0.1) is 0 Å². The van der Waals surface area contributed by atoms with Crippen LogP contribution in [0.25, 0.3) is 0 Å². The number of sulfonamides is 1. The van der Waals surface area contributed by atoms with Gasteiger partial charge in [-0.25, -0.2) is 8.42 Å². The zero-order valence-corrected chi connectivity index (χ0v) is 20.2. The van der Waals surface area contributed by atoms with E-state index in [9.17, 15) is 18.0 Å². The van der Waals surface area contributed by atoms with Gasteiger partial charge in [-0.2, -0.15) is 4.72 Å². The second kappa shape index (κ2) is 10.9. The number of piperazine rings is 1. The van der Waals surface area contributed by atoms with Crippen molar-refractivity contribution in [2.24, 2.45) is 5.92 Å². The highest BCUT2D eigenvalue weighted by molar-refractivity contribution is 7.89. The molecule has 1 N–H and O–H groups in total. The van der Waals surface area contributed by atoms with Gasteiger partial charge in [-0.3, -0.25) is 14.6 Å². The zero-order valence-electron chi connectivity index (χ0n) is 19.4. The topological polar surface area (TPSA) is 99.7 Å². The van der Waals surface area contributed by atoms with E-state index >= 15 is 0 Å². The molecule has 1 aromatic carbocycles. The van der Waals surface area contributed by atoms with Crippen molar-refractivity contribution in [1.82, 2.24) is 19.5 Å². The Kier molecular flexibility index (Phi) is 8.20. The van der Waals surface area contributed by atoms with E-state index in [1.807, 2.05) is 32.9 Å². The molecule has 2 amide bonds. The molecule has 33 heavy (non-hydrogen) atoms. The number of nitrogens with one attached hydrogen (secondary N) is 1. The third kappa shape index (κ3) is 6.85. The van der Waals surface area contributed by atoms with Crippen molar-refractivity contribution in [3.8, 4) is 0 Å². The first-order chi connectivity index (χ1) is 15.7. The second-order valence-corrected chi connectivity index (χ2v) is 10.5. The number of nitrogens with zero attached hydrogens (tertiary/aromatic N) is 3. The number of rotatable bonds is 8. The third-order valence-electron chi connectivity index (χ3n) is 5.64. The quantitative estimate of drug-likeness (QED) is 0.634. The predicted octanol–water partition coefficient (Wildman–Crippen LogP) is 2.00. The summed E-state index contributed by atoms with van der Waals surface area (Å²) in [6, 6.07) is 11.2. The number of hydrogen-bond donors (Lipinski definition) is 1. The number of amides is 2. The van der Waals surface area contributed by atoms with Gasteiger partial charge in [0.1, 0.15) is 6.04 Å². The van der Waals surface area contributed by atoms with Crippen molar-refractivity contribution in [3.63, 3.8) is 0 Å². The standard InChI is InChI=1S/C24H32N4O4S/c1-18(2)16-22(26-33(31,32)21-9-7-19(3)8-10-21)24(30)28-14-12-27(13-15-28)23(29)17-20-6-4-5-11-25-20/h4-11,18,22,26H,12-17H2,1-3H3. The van der Waals surface area contributed by atoms with Gasteiger partial charge < -0.3 is 9.80 Å². The summed E-state index contributed by atoms with van der Waals surface area (Å²) in [6.45, 7) is 7.35. The fraction of sp³-hybridized carbons (Fsp3) is 0.458. The maximum absolute atomic E-state index is 13.3. The molecule has 1 saturated heterocycles. The number of benzene rings is 1. The Bertz CT molecular complexity index is 1050. The number of carbonyl (C=O) groups is 2. The van der Waals surface area contributed by atoms with Gasteiger partial charge in [0.15, 0.2) is 0 Å². The fourth-order valence-corrected chi connectivity index (χ4v) is 5.01. The minimum atomic E-state index is -3.83. The van der Waals surface area contributed by atoms with E-state index in [4.69, 9.17) is 0 Å². The molecule has 0 spiro atoms. The van der Waals surface area contributed by atoms with Crippen molar-refractivity contribution in [2.75, 3.05) is 26.2 Å². The normalized spacial score (nSPS) is 15.5. The molecule has 8 nitrogen and oxygen atoms in total. The molecule has 3 rings (SSSR count). The molecule has 1 aliphatic heterocycles. The molecule has 1 aliphatic rings. The van der Waals surface area contributed by atoms with Gasteiger partial charge in [0.25, 0.3) is 0 Å². The summed E-state index contributed by atoms with van der Waals surface area (Å²) in [5, 5.41) is 0. The van der Waals surface area contributed by atoms with Crippen LogP contribution in [-0.4, -0.2) is 67.2 Å². The van der Waals surface area contributed by atoms with Gasteiger partial charge in [0.2, 0.25) is 21.8 Å². The number of pyridine rings is 1. The Hall–Kier alpha value is -2.78. The van der Waals surface area contributed by atoms with Crippen LogP contribution in [0.5, 0.6) is 0 Å². The molecule has 0 aliphatic carbocycles. The maximum Gasteiger partial charge on any atom is 0.241 e. The van der Waals surface area contributed by atoms with Gasteiger partial charge in [-0.05, 0) is 43.5 Å². The van der Waals surface area contributed by atoms with E-state index in [-0.39, 0.29) is 29.0 Å². The van der Waals surface area contributed by atoms with Crippen molar-refractivity contribution in [2.45, 2.75) is 44.6 Å². The van der Waals surface area contributed by atoms with Crippen molar-refractivity contribution >= 4 is 21.8 Å². The molecule has 9 heteroatoms. The Morgan fingerprint density at radius 3 is 2.21 bits per heavy atom. The number of aryl methyl sites for hydroxylation is 1. The minimum Gasteiger partial charge on any atom is -0.339 e. The average Bonchev–Trinajstić information content (AvgIpc) is 2.79. The summed E-state index contributed by atoms with van der Waals surface area (Å²) in [4.78, 5) is 33.5. The molecule has 1 unspecified atom stereocenters. The van der Waals surface area contributed by atoms with Gasteiger partial charge in [0, 0.05) is 38.1 Å². The van der Waals surface area contributed by atoms with Gasteiger partial charge in [0.05, 0.1) is 11.3 Å². The molecular weight excluding hydrogens is 440 g/mol. The number of hydrogen-bond acceptors (Lipinski definition) is 5. The minimum absolute atomic E-state index is 0.0281. The number of aromatic nitrogens is 1. The molecule has 178 valence electrons. The van der Waals surface area contributed by atoms with E-state index in [0.717, 1.165) is 5.56 Å². The van der Waals surface area contributed by atoms with E-state index in [1.165, 1.54) is 0 Å². The van der Waals surface area contributed by atoms with Crippen LogP contribution in [-0.2, 0) is 26.0 Å². The van der Waals surface area contributed by atoms with Crippen LogP contribution in [0, 0.1) is 12.8 Å². The first-order valence-electron chi connectivity index (χ1n) is 11.2. The molecule has 1 atom stereocenters. The largest absolute Gasteiger partial charge is 0.339 e. The molecule has 0 saturated carbocycles. The van der Waals surface area contributed by atoms with Gasteiger partial charge >= 0.3 is 0 Å². The smallest absolute Gasteiger partial charge is 0.241 e. The summed E-state index contributed by atoms with van der Waals surface area (Å²) in [7, 11) is -3.83. The monoisotopic (exact) mass is 472 g/mol. The molecule has 0 radical (unpaired) electrons. The van der Waals surface area contributed by atoms with Crippen molar-refractivity contribution < 1.29 is 18.0 Å². The van der Waals surface area contributed by atoms with Crippen LogP contribution in [0.1, 0.15) is 31.5 Å². The second-order valence-electron chi connectivity index (χ2n) is 8.82. The Morgan fingerprint density at radius 2 is 1.64 bits per heavy atom. The fourth-order valence-electron chi connectivity index (χ4n) is 3.81. The summed E-state index contributed by atoms with van der Waals surface area (Å²) in [5.41, 5.74) is 1.67. The van der Waals surface area contributed by atoms with Crippen LogP contribution in [0.3, 0.4) is 0 Å². The van der Waals surface area contributed by atoms with Crippen LogP contribution in [0.4, 0.5) is 0 Å². The molecule has 2 aromatic rings. The summed E-state index contributed by atoms with van der Waals surface area (Å²) >= 11 is 0. The summed E-state index contributed by atoms with van der Waals surface area (Å²) in [5.74, 6) is -0.156. The molecule has 0 bridgehead atoms. The average molecular weight is 473 g/mol. The van der Waals surface area contributed by atoms with Crippen molar-refractivity contribution in [1.29, 1.82) is 0 Å². The van der Waals surface area contributed by atoms with Crippen LogP contribution in [0.2, 0.25) is 0 Å². The Morgan fingerprint density at radius 1 is 1.00 bits per heavy atom. The van der Waals surface area contributed by atoms with Gasteiger partial charge in [-0.1, -0.05) is 37.6 Å². The molecule has 2 heterocycles. The van der Waals surface area contributed by atoms with Crippen LogP contribution >= 0.6 is 0 Å². The van der Waals surface area contributed by atoms with E-state index in [1.54, 1.807) is 46.3 Å². The summed E-state index contributed by atoms with van der Waals surface area (Å²) in [6.07, 6.45) is 2.27. The zero-order chi connectivity index (χ0) is 24.0. The van der Waals surface area contributed by atoms with E-state index in [0.29, 0.717) is 38.3 Å². The highest BCUT2D eigenvalue weighted by Crippen LogP contribution is 2.16. The number of carbonyl (C=O) groups excluding carboxylic acids is 2. The Balaban J connectivity index is 1.63.